The van der Waals surface area contributed by atoms with Gasteiger partial charge in [-0.2, -0.15) is 0 Å². The Balaban J connectivity index is 2.79. The number of aliphatic carboxylic acids is 1. The molecule has 0 aliphatic heterocycles. The summed E-state index contributed by atoms with van der Waals surface area (Å²) in [6.45, 7) is 2.44. The van der Waals surface area contributed by atoms with Gasteiger partial charge in [0.15, 0.2) is 0 Å². The van der Waals surface area contributed by atoms with Gasteiger partial charge in [0.1, 0.15) is 11.8 Å². The van der Waals surface area contributed by atoms with Crippen LogP contribution in [0.25, 0.3) is 0 Å². The molecule has 82 valence electrons. The van der Waals surface area contributed by atoms with Gasteiger partial charge in [-0.25, -0.2) is 0 Å². The summed E-state index contributed by atoms with van der Waals surface area (Å²) in [4.78, 5) is 10.6. The lowest BCUT2D eigenvalue weighted by atomic mass is 10.1. The molecule has 1 unspecified atom stereocenters. The number of benzene rings is 1. The first-order chi connectivity index (χ1) is 7.15. The van der Waals surface area contributed by atoms with Crippen molar-refractivity contribution in [1.29, 1.82) is 0 Å². The minimum Gasteiger partial charge on any atom is -0.494 e. The van der Waals surface area contributed by atoms with E-state index in [1.54, 1.807) is 0 Å². The standard InChI is InChI=1S/C11H15NO3/c1-2-15-10-6-4-3-5-8(10)7-9(12)11(13)14/h3-6,9H,2,7,12H2,1H3,(H,13,14). The van der Waals surface area contributed by atoms with Gasteiger partial charge in [-0.15, -0.1) is 0 Å². The van der Waals surface area contributed by atoms with E-state index in [2.05, 4.69) is 0 Å². The molecule has 1 aromatic carbocycles. The fourth-order valence-corrected chi connectivity index (χ4v) is 1.29. The van der Waals surface area contributed by atoms with Crippen LogP contribution >= 0.6 is 0 Å². The highest BCUT2D eigenvalue weighted by atomic mass is 16.5. The predicted molar refractivity (Wildman–Crippen MR) is 56.9 cm³/mol. The molecule has 3 N–H and O–H groups in total. The van der Waals surface area contributed by atoms with Gasteiger partial charge < -0.3 is 15.6 Å². The maximum Gasteiger partial charge on any atom is 0.320 e. The molecule has 0 aliphatic rings. The van der Waals surface area contributed by atoms with Gasteiger partial charge in [-0.05, 0) is 18.6 Å². The summed E-state index contributed by atoms with van der Waals surface area (Å²) in [5.74, 6) is -0.294. The number of carboxylic acid groups (broad SMARTS) is 1. The molecule has 0 spiro atoms. The monoisotopic (exact) mass is 209 g/mol. The van der Waals surface area contributed by atoms with Crippen molar-refractivity contribution in [3.05, 3.63) is 29.8 Å². The molecule has 0 radical (unpaired) electrons. The molecule has 0 bridgehead atoms. The molecule has 0 fully saturated rings. The highest BCUT2D eigenvalue weighted by molar-refractivity contribution is 5.73. The zero-order chi connectivity index (χ0) is 11.3. The first kappa shape index (κ1) is 11.5. The second kappa shape index (κ2) is 5.36. The Labute approximate surface area is 88.7 Å². The van der Waals surface area contributed by atoms with Crippen LogP contribution in [0.4, 0.5) is 0 Å². The number of hydrogen-bond donors (Lipinski definition) is 2. The van der Waals surface area contributed by atoms with Crippen molar-refractivity contribution in [2.45, 2.75) is 19.4 Å². The summed E-state index contributed by atoms with van der Waals surface area (Å²) in [5.41, 5.74) is 6.29. The third-order valence-corrected chi connectivity index (χ3v) is 2.03. The van der Waals surface area contributed by atoms with E-state index >= 15 is 0 Å². The van der Waals surface area contributed by atoms with Crippen LogP contribution < -0.4 is 10.5 Å². The quantitative estimate of drug-likeness (QED) is 0.760. The van der Waals surface area contributed by atoms with Crippen molar-refractivity contribution in [3.8, 4) is 5.75 Å². The summed E-state index contributed by atoms with van der Waals surface area (Å²) in [6.07, 6.45) is 0.283. The van der Waals surface area contributed by atoms with Crippen LogP contribution in [0, 0.1) is 0 Å². The highest BCUT2D eigenvalue weighted by Crippen LogP contribution is 2.19. The topological polar surface area (TPSA) is 72.5 Å². The average Bonchev–Trinajstić information content (AvgIpc) is 2.21. The van der Waals surface area contributed by atoms with Crippen molar-refractivity contribution in [2.24, 2.45) is 5.73 Å². The molecular weight excluding hydrogens is 194 g/mol. The summed E-state index contributed by atoms with van der Waals surface area (Å²) in [5, 5.41) is 8.70. The van der Waals surface area contributed by atoms with Gasteiger partial charge in [0, 0.05) is 6.42 Å². The Morgan fingerprint density at radius 2 is 2.20 bits per heavy atom. The molecule has 1 aromatic rings. The van der Waals surface area contributed by atoms with Crippen LogP contribution in [0.5, 0.6) is 5.75 Å². The Hall–Kier alpha value is -1.55. The molecule has 0 amide bonds. The second-order valence-electron chi connectivity index (χ2n) is 3.19. The molecule has 1 rings (SSSR count). The van der Waals surface area contributed by atoms with Crippen molar-refractivity contribution in [1.82, 2.24) is 0 Å². The van der Waals surface area contributed by atoms with Gasteiger partial charge in [-0.3, -0.25) is 4.79 Å². The van der Waals surface area contributed by atoms with Crippen LogP contribution in [0.3, 0.4) is 0 Å². The molecule has 0 aliphatic carbocycles. The number of carbonyl (C=O) groups is 1. The summed E-state index contributed by atoms with van der Waals surface area (Å²) < 4.78 is 5.37. The molecule has 4 heteroatoms. The normalized spacial score (nSPS) is 12.1. The Morgan fingerprint density at radius 1 is 1.53 bits per heavy atom. The fraction of sp³-hybridized carbons (Fsp3) is 0.364. The SMILES string of the molecule is CCOc1ccccc1CC(N)C(=O)O. The number of nitrogens with two attached hydrogens (primary N) is 1. The van der Waals surface area contributed by atoms with Gasteiger partial charge in [0.05, 0.1) is 6.61 Å². The smallest absolute Gasteiger partial charge is 0.320 e. The minimum absolute atomic E-state index is 0.283. The van der Waals surface area contributed by atoms with Gasteiger partial charge >= 0.3 is 5.97 Å². The molecule has 1 atom stereocenters. The van der Waals surface area contributed by atoms with Crippen LogP contribution in [0.2, 0.25) is 0 Å². The summed E-state index contributed by atoms with van der Waals surface area (Å²) >= 11 is 0. The van der Waals surface area contributed by atoms with E-state index in [1.807, 2.05) is 31.2 Å². The van der Waals surface area contributed by atoms with E-state index in [4.69, 9.17) is 15.6 Å². The largest absolute Gasteiger partial charge is 0.494 e. The lowest BCUT2D eigenvalue weighted by Crippen LogP contribution is -2.32. The van der Waals surface area contributed by atoms with Crippen LogP contribution in [-0.2, 0) is 11.2 Å². The molecule has 0 saturated carbocycles. The molecule has 0 heterocycles. The molecular formula is C11H15NO3. The van der Waals surface area contributed by atoms with Crippen LogP contribution in [-0.4, -0.2) is 23.7 Å². The lowest BCUT2D eigenvalue weighted by molar-refractivity contribution is -0.138. The third-order valence-electron chi connectivity index (χ3n) is 2.03. The van der Waals surface area contributed by atoms with Gasteiger partial charge in [0.2, 0.25) is 0 Å². The molecule has 0 saturated heterocycles. The fourth-order valence-electron chi connectivity index (χ4n) is 1.29. The number of carboxylic acids is 1. The average molecular weight is 209 g/mol. The van der Waals surface area contributed by atoms with E-state index in [1.165, 1.54) is 0 Å². The number of hydrogen-bond acceptors (Lipinski definition) is 3. The Kier molecular flexibility index (Phi) is 4.12. The van der Waals surface area contributed by atoms with Crippen molar-refractivity contribution < 1.29 is 14.6 Å². The zero-order valence-electron chi connectivity index (χ0n) is 8.64. The Bertz CT molecular complexity index is 338. The maximum absolute atomic E-state index is 10.6. The first-order valence-corrected chi connectivity index (χ1v) is 4.84. The zero-order valence-corrected chi connectivity index (χ0v) is 8.64. The maximum atomic E-state index is 10.6. The lowest BCUT2D eigenvalue weighted by Gasteiger charge is -2.11. The van der Waals surface area contributed by atoms with E-state index in [-0.39, 0.29) is 6.42 Å². The van der Waals surface area contributed by atoms with Gasteiger partial charge in [0.25, 0.3) is 0 Å². The molecule has 15 heavy (non-hydrogen) atoms. The summed E-state index contributed by atoms with van der Waals surface area (Å²) in [6, 6.07) is 6.45. The van der Waals surface area contributed by atoms with E-state index < -0.39 is 12.0 Å². The van der Waals surface area contributed by atoms with E-state index in [0.717, 1.165) is 5.56 Å². The van der Waals surface area contributed by atoms with E-state index in [9.17, 15) is 4.79 Å². The number of ether oxygens (including phenoxy) is 1. The minimum atomic E-state index is -0.999. The van der Waals surface area contributed by atoms with Crippen molar-refractivity contribution >= 4 is 5.97 Å². The number of rotatable bonds is 5. The van der Waals surface area contributed by atoms with Crippen molar-refractivity contribution in [3.63, 3.8) is 0 Å². The van der Waals surface area contributed by atoms with Crippen molar-refractivity contribution in [2.75, 3.05) is 6.61 Å². The first-order valence-electron chi connectivity index (χ1n) is 4.84. The molecule has 4 nitrogen and oxygen atoms in total. The van der Waals surface area contributed by atoms with Gasteiger partial charge in [-0.1, -0.05) is 18.2 Å². The summed E-state index contributed by atoms with van der Waals surface area (Å²) in [7, 11) is 0. The highest BCUT2D eigenvalue weighted by Gasteiger charge is 2.14. The van der Waals surface area contributed by atoms with Crippen LogP contribution in [0.1, 0.15) is 12.5 Å². The third kappa shape index (κ3) is 3.25. The van der Waals surface area contributed by atoms with E-state index in [0.29, 0.717) is 12.4 Å². The Morgan fingerprint density at radius 3 is 2.80 bits per heavy atom. The van der Waals surface area contributed by atoms with Crippen LogP contribution in [0.15, 0.2) is 24.3 Å². The number of para-hydroxylation sites is 1. The molecule has 0 aromatic heterocycles. The second-order valence-corrected chi connectivity index (χ2v) is 3.19. The predicted octanol–water partition coefficient (Wildman–Crippen LogP) is 1.04.